The summed E-state index contributed by atoms with van der Waals surface area (Å²) in [7, 11) is 0. The minimum Gasteiger partial charge on any atom is -0.354 e. The van der Waals surface area contributed by atoms with E-state index in [4.69, 9.17) is 4.98 Å². The number of piperazine rings is 1. The second-order valence-electron chi connectivity index (χ2n) is 11.5. The van der Waals surface area contributed by atoms with Gasteiger partial charge in [-0.1, -0.05) is 12.8 Å². The number of carbonyl (C=O) groups is 2. The lowest BCUT2D eigenvalue weighted by Crippen LogP contribution is -2.43. The monoisotopic (exact) mass is 570 g/mol. The highest BCUT2D eigenvalue weighted by atomic mass is 16.2. The van der Waals surface area contributed by atoms with Crippen LogP contribution < -0.4 is 26.0 Å². The number of H-pyrrole nitrogens is 1. The lowest BCUT2D eigenvalue weighted by atomic mass is 9.96. The van der Waals surface area contributed by atoms with Gasteiger partial charge in [-0.25, -0.2) is 4.98 Å². The second-order valence-corrected chi connectivity index (χ2v) is 11.5. The predicted octanol–water partition coefficient (Wildman–Crippen LogP) is 4.24. The summed E-state index contributed by atoms with van der Waals surface area (Å²) in [5.41, 5.74) is 5.60. The summed E-state index contributed by atoms with van der Waals surface area (Å²) in [5.74, 6) is 0.776. The Morgan fingerprint density at radius 1 is 1.05 bits per heavy atom. The number of aromatic amines is 1. The van der Waals surface area contributed by atoms with Crippen molar-refractivity contribution in [2.75, 3.05) is 42.5 Å². The molecule has 3 N–H and O–H groups in total. The number of anilines is 2. The van der Waals surface area contributed by atoms with Crippen LogP contribution in [0, 0.1) is 26.7 Å². The van der Waals surface area contributed by atoms with Crippen molar-refractivity contribution < 1.29 is 9.59 Å². The van der Waals surface area contributed by atoms with Crippen LogP contribution in [0.15, 0.2) is 41.3 Å². The zero-order chi connectivity index (χ0) is 29.8. The Labute approximate surface area is 247 Å². The molecule has 1 aliphatic heterocycles. The molecule has 1 saturated heterocycles. The van der Waals surface area contributed by atoms with E-state index in [0.717, 1.165) is 91.3 Å². The molecule has 9 heteroatoms. The fourth-order valence-electron chi connectivity index (χ4n) is 6.22. The van der Waals surface area contributed by atoms with Gasteiger partial charge in [-0.05, 0) is 87.6 Å². The number of aromatic nitrogens is 2. The SMILES string of the molecule is CCN(C(=O)C1CCCC1)c1cc(-c2ccc(N3CCNCC3)nc2)cc(C(=O)NCc2c(C)cc(C)[nH]c2=O)c1C. The van der Waals surface area contributed by atoms with E-state index in [9.17, 15) is 14.4 Å². The molecule has 0 spiro atoms. The summed E-state index contributed by atoms with van der Waals surface area (Å²) < 4.78 is 0. The van der Waals surface area contributed by atoms with Crippen LogP contribution in [0.5, 0.6) is 0 Å². The van der Waals surface area contributed by atoms with Crippen LogP contribution in [0.3, 0.4) is 0 Å². The van der Waals surface area contributed by atoms with Crippen molar-refractivity contribution >= 4 is 23.3 Å². The van der Waals surface area contributed by atoms with E-state index in [1.54, 1.807) is 0 Å². The number of benzene rings is 1. The molecule has 0 bridgehead atoms. The van der Waals surface area contributed by atoms with E-state index in [1.165, 1.54) is 0 Å². The number of nitrogens with zero attached hydrogens (tertiary/aromatic N) is 3. The van der Waals surface area contributed by atoms with Gasteiger partial charge < -0.3 is 25.4 Å². The second kappa shape index (κ2) is 12.9. The molecule has 0 atom stereocenters. The molecule has 1 aliphatic carbocycles. The number of amides is 2. The molecular weight excluding hydrogens is 528 g/mol. The Morgan fingerprint density at radius 3 is 2.43 bits per heavy atom. The number of aryl methyl sites for hydroxylation is 2. The van der Waals surface area contributed by atoms with Crippen molar-refractivity contribution in [1.82, 2.24) is 20.6 Å². The summed E-state index contributed by atoms with van der Waals surface area (Å²) in [6.45, 7) is 11.9. The van der Waals surface area contributed by atoms with E-state index in [2.05, 4.69) is 20.5 Å². The lowest BCUT2D eigenvalue weighted by molar-refractivity contribution is -0.122. The minimum atomic E-state index is -0.287. The summed E-state index contributed by atoms with van der Waals surface area (Å²) in [6.07, 6.45) is 5.80. The van der Waals surface area contributed by atoms with Gasteiger partial charge in [0.25, 0.3) is 11.5 Å². The molecule has 0 unspecified atom stereocenters. The zero-order valence-corrected chi connectivity index (χ0v) is 25.2. The summed E-state index contributed by atoms with van der Waals surface area (Å²) >= 11 is 0. The minimum absolute atomic E-state index is 0.0153. The number of nitrogens with one attached hydrogen (secondary N) is 3. The van der Waals surface area contributed by atoms with E-state index >= 15 is 0 Å². The number of carbonyl (C=O) groups excluding carboxylic acids is 2. The molecule has 2 aliphatic rings. The standard InChI is InChI=1S/C33H42N6O3/c1-5-39(33(42)24-8-6-7-9-24)29-18-26(25-10-11-30(35-19-25)38-14-12-34-13-15-38)17-27(23(29)4)31(40)36-20-28-21(2)16-22(3)37-32(28)41/h10-11,16-19,24,34H,5-9,12-15,20H2,1-4H3,(H,36,40)(H,37,41). The first-order chi connectivity index (χ1) is 20.3. The zero-order valence-electron chi connectivity index (χ0n) is 25.2. The lowest BCUT2D eigenvalue weighted by Gasteiger charge is -2.29. The Morgan fingerprint density at radius 2 is 1.79 bits per heavy atom. The fraction of sp³-hybridized carbons (Fsp3) is 0.455. The quantitative estimate of drug-likeness (QED) is 0.374. The topological polar surface area (TPSA) is 110 Å². The van der Waals surface area contributed by atoms with Crippen molar-refractivity contribution in [3.63, 3.8) is 0 Å². The summed E-state index contributed by atoms with van der Waals surface area (Å²) in [4.78, 5) is 51.6. The molecule has 0 radical (unpaired) electrons. The molecular formula is C33H42N6O3. The number of hydrogen-bond donors (Lipinski definition) is 3. The summed E-state index contributed by atoms with van der Waals surface area (Å²) in [6, 6.07) is 9.84. The first-order valence-corrected chi connectivity index (χ1v) is 15.1. The average Bonchev–Trinajstić information content (AvgIpc) is 3.53. The van der Waals surface area contributed by atoms with Crippen LogP contribution in [0.2, 0.25) is 0 Å². The molecule has 3 aromatic rings. The predicted molar refractivity (Wildman–Crippen MR) is 167 cm³/mol. The Balaban J connectivity index is 1.50. The molecule has 42 heavy (non-hydrogen) atoms. The largest absolute Gasteiger partial charge is 0.354 e. The van der Waals surface area contributed by atoms with E-state index in [-0.39, 0.29) is 29.8 Å². The molecule has 222 valence electrons. The first kappa shape index (κ1) is 29.5. The summed E-state index contributed by atoms with van der Waals surface area (Å²) in [5, 5.41) is 6.33. The van der Waals surface area contributed by atoms with Gasteiger partial charge in [-0.2, -0.15) is 0 Å². The van der Waals surface area contributed by atoms with Crippen molar-refractivity contribution in [2.24, 2.45) is 5.92 Å². The average molecular weight is 571 g/mol. The van der Waals surface area contributed by atoms with E-state index in [0.29, 0.717) is 17.7 Å². The Hall–Kier alpha value is -3.98. The maximum atomic E-state index is 13.7. The van der Waals surface area contributed by atoms with Crippen LogP contribution in [0.25, 0.3) is 11.1 Å². The molecule has 9 nitrogen and oxygen atoms in total. The van der Waals surface area contributed by atoms with Crippen LogP contribution in [-0.4, -0.2) is 54.5 Å². The number of hydrogen-bond acceptors (Lipinski definition) is 6. The van der Waals surface area contributed by atoms with Crippen molar-refractivity contribution in [1.29, 1.82) is 0 Å². The highest BCUT2D eigenvalue weighted by molar-refractivity contribution is 6.02. The Kier molecular flexibility index (Phi) is 9.06. The van der Waals surface area contributed by atoms with Crippen LogP contribution in [0.1, 0.15) is 65.3 Å². The molecule has 2 fully saturated rings. The molecule has 2 aromatic heterocycles. The number of rotatable bonds is 8. The third kappa shape index (κ3) is 6.26. The fourth-order valence-corrected chi connectivity index (χ4v) is 6.22. The highest BCUT2D eigenvalue weighted by Crippen LogP contribution is 2.34. The van der Waals surface area contributed by atoms with Crippen LogP contribution in [0.4, 0.5) is 11.5 Å². The van der Waals surface area contributed by atoms with E-state index < -0.39 is 0 Å². The van der Waals surface area contributed by atoms with Gasteiger partial charge in [0.2, 0.25) is 5.91 Å². The maximum absolute atomic E-state index is 13.7. The van der Waals surface area contributed by atoms with Crippen molar-refractivity contribution in [3.05, 3.63) is 74.8 Å². The van der Waals surface area contributed by atoms with Gasteiger partial charge in [0.05, 0.1) is 0 Å². The molecule has 2 amide bonds. The molecule has 1 saturated carbocycles. The smallest absolute Gasteiger partial charge is 0.253 e. The van der Waals surface area contributed by atoms with Crippen LogP contribution >= 0.6 is 0 Å². The van der Waals surface area contributed by atoms with E-state index in [1.807, 2.05) is 69.1 Å². The van der Waals surface area contributed by atoms with Crippen molar-refractivity contribution in [2.45, 2.75) is 59.9 Å². The number of pyridine rings is 2. The van der Waals surface area contributed by atoms with Gasteiger partial charge in [-0.15, -0.1) is 0 Å². The van der Waals surface area contributed by atoms with Crippen molar-refractivity contribution in [3.8, 4) is 11.1 Å². The van der Waals surface area contributed by atoms with Gasteiger partial charge in [-0.3, -0.25) is 14.4 Å². The molecule has 3 heterocycles. The first-order valence-electron chi connectivity index (χ1n) is 15.1. The highest BCUT2D eigenvalue weighted by Gasteiger charge is 2.29. The van der Waals surface area contributed by atoms with Gasteiger partial charge in [0.1, 0.15) is 5.82 Å². The van der Waals surface area contributed by atoms with Gasteiger partial charge >= 0.3 is 0 Å². The molecule has 5 rings (SSSR count). The van der Waals surface area contributed by atoms with Gasteiger partial charge in [0, 0.05) is 79.5 Å². The van der Waals surface area contributed by atoms with Gasteiger partial charge in [0.15, 0.2) is 0 Å². The Bertz CT molecular complexity index is 1500. The normalized spacial score (nSPS) is 15.6. The third-order valence-corrected chi connectivity index (χ3v) is 8.64. The third-order valence-electron chi connectivity index (χ3n) is 8.64. The maximum Gasteiger partial charge on any atom is 0.253 e. The van der Waals surface area contributed by atoms with Crippen LogP contribution in [-0.2, 0) is 11.3 Å². The molecule has 1 aromatic carbocycles.